The Morgan fingerprint density at radius 3 is 2.38 bits per heavy atom. The third kappa shape index (κ3) is 4.59. The third-order valence-electron chi connectivity index (χ3n) is 5.93. The first kappa shape index (κ1) is 20.2. The highest BCUT2D eigenvalue weighted by atomic mass is 35.5. The van der Waals surface area contributed by atoms with Crippen LogP contribution in [0.15, 0.2) is 54.6 Å². The number of carbonyl (C=O) groups is 1. The summed E-state index contributed by atoms with van der Waals surface area (Å²) < 4.78 is 23.5. The first-order valence-electron chi connectivity index (χ1n) is 9.99. The van der Waals surface area contributed by atoms with Gasteiger partial charge in [0, 0.05) is 36.3 Å². The molecule has 0 aromatic heterocycles. The fourth-order valence-corrected chi connectivity index (χ4v) is 5.96. The van der Waals surface area contributed by atoms with Gasteiger partial charge in [0.25, 0.3) is 0 Å². The average Bonchev–Trinajstić information content (AvgIpc) is 2.73. The first-order valence-corrected chi connectivity index (χ1v) is 12.2. The van der Waals surface area contributed by atoms with Crippen molar-refractivity contribution in [1.82, 2.24) is 4.90 Å². The molecule has 1 unspecified atom stereocenters. The van der Waals surface area contributed by atoms with Crippen LogP contribution in [0, 0.1) is 5.92 Å². The third-order valence-corrected chi connectivity index (χ3v) is 7.88. The van der Waals surface area contributed by atoms with Gasteiger partial charge in [-0.2, -0.15) is 0 Å². The van der Waals surface area contributed by atoms with Crippen molar-refractivity contribution in [2.75, 3.05) is 36.0 Å². The molecule has 2 aliphatic rings. The molecule has 2 aromatic carbocycles. The summed E-state index contributed by atoms with van der Waals surface area (Å²) in [6.07, 6.45) is 0.856. The van der Waals surface area contributed by atoms with E-state index in [0.717, 1.165) is 17.8 Å². The molecule has 5 nitrogen and oxygen atoms in total. The second-order valence-electron chi connectivity index (χ2n) is 7.81. The molecule has 29 heavy (non-hydrogen) atoms. The molecule has 0 spiro atoms. The number of amides is 1. The van der Waals surface area contributed by atoms with Crippen LogP contribution in [0.25, 0.3) is 0 Å². The standard InChI is InChI=1S/C22H25ClN2O3S/c23-19-7-4-8-20(15-19)24-11-12-25(21(16-24)17-5-2-1-3-6-17)22(26)18-9-13-29(27,28)14-10-18/h1-8,15,18,21H,9-14,16H2. The van der Waals surface area contributed by atoms with E-state index in [1.54, 1.807) is 0 Å². The molecule has 2 fully saturated rings. The normalized spacial score (nSPS) is 22.4. The molecule has 1 amide bonds. The van der Waals surface area contributed by atoms with Crippen molar-refractivity contribution in [2.45, 2.75) is 18.9 Å². The molecule has 0 bridgehead atoms. The molecule has 2 saturated heterocycles. The van der Waals surface area contributed by atoms with Gasteiger partial charge in [-0.3, -0.25) is 4.79 Å². The molecular formula is C22H25ClN2O3S. The summed E-state index contributed by atoms with van der Waals surface area (Å²) in [5.74, 6) is 0.103. The number of sulfone groups is 1. The lowest BCUT2D eigenvalue weighted by Crippen LogP contribution is -2.53. The van der Waals surface area contributed by atoms with Crippen molar-refractivity contribution in [3.63, 3.8) is 0 Å². The Morgan fingerprint density at radius 2 is 1.69 bits per heavy atom. The minimum absolute atomic E-state index is 0.0741. The number of piperazine rings is 1. The van der Waals surface area contributed by atoms with Gasteiger partial charge < -0.3 is 9.80 Å². The van der Waals surface area contributed by atoms with Gasteiger partial charge in [-0.25, -0.2) is 8.42 Å². The quantitative estimate of drug-likeness (QED) is 0.744. The van der Waals surface area contributed by atoms with Gasteiger partial charge >= 0.3 is 0 Å². The van der Waals surface area contributed by atoms with Crippen molar-refractivity contribution >= 4 is 33.0 Å². The highest BCUT2D eigenvalue weighted by Gasteiger charge is 2.37. The van der Waals surface area contributed by atoms with Crippen LogP contribution in [0.2, 0.25) is 5.02 Å². The number of anilines is 1. The molecule has 4 rings (SSSR count). The first-order chi connectivity index (χ1) is 13.9. The SMILES string of the molecule is O=C(C1CCS(=O)(=O)CC1)N1CCN(c2cccc(Cl)c2)CC1c1ccccc1. The zero-order valence-electron chi connectivity index (χ0n) is 16.2. The zero-order chi connectivity index (χ0) is 20.4. The van der Waals surface area contributed by atoms with E-state index in [1.807, 2.05) is 47.4 Å². The smallest absolute Gasteiger partial charge is 0.226 e. The molecule has 0 aliphatic carbocycles. The molecule has 0 saturated carbocycles. The Labute approximate surface area is 177 Å². The molecule has 1 atom stereocenters. The maximum absolute atomic E-state index is 13.3. The van der Waals surface area contributed by atoms with Gasteiger partial charge in [0.15, 0.2) is 0 Å². The number of carbonyl (C=O) groups excluding carboxylic acids is 1. The number of rotatable bonds is 3. The maximum Gasteiger partial charge on any atom is 0.226 e. The zero-order valence-corrected chi connectivity index (χ0v) is 17.8. The van der Waals surface area contributed by atoms with Gasteiger partial charge in [0.05, 0.1) is 17.5 Å². The Balaban J connectivity index is 1.57. The lowest BCUT2D eigenvalue weighted by atomic mass is 9.96. The minimum Gasteiger partial charge on any atom is -0.367 e. The van der Waals surface area contributed by atoms with E-state index < -0.39 is 9.84 Å². The molecule has 2 heterocycles. The largest absolute Gasteiger partial charge is 0.367 e. The summed E-state index contributed by atoms with van der Waals surface area (Å²) in [6.45, 7) is 2.01. The van der Waals surface area contributed by atoms with Crippen LogP contribution in [0.5, 0.6) is 0 Å². The Hall–Kier alpha value is -2.05. The molecule has 2 aliphatic heterocycles. The fraction of sp³-hybridized carbons (Fsp3) is 0.409. The lowest BCUT2D eigenvalue weighted by molar-refractivity contribution is -0.138. The second-order valence-corrected chi connectivity index (χ2v) is 10.6. The van der Waals surface area contributed by atoms with E-state index >= 15 is 0 Å². The van der Waals surface area contributed by atoms with Crippen molar-refractivity contribution in [3.8, 4) is 0 Å². The van der Waals surface area contributed by atoms with Gasteiger partial charge in [0.2, 0.25) is 5.91 Å². The van der Waals surface area contributed by atoms with Crippen LogP contribution in [0.4, 0.5) is 5.69 Å². The lowest BCUT2D eigenvalue weighted by Gasteiger charge is -2.44. The van der Waals surface area contributed by atoms with Crippen LogP contribution < -0.4 is 4.90 Å². The number of hydrogen-bond acceptors (Lipinski definition) is 4. The van der Waals surface area contributed by atoms with E-state index in [1.165, 1.54) is 0 Å². The van der Waals surface area contributed by atoms with E-state index in [9.17, 15) is 13.2 Å². The average molecular weight is 433 g/mol. The van der Waals surface area contributed by atoms with Crippen LogP contribution >= 0.6 is 11.6 Å². The summed E-state index contributed by atoms with van der Waals surface area (Å²) in [7, 11) is -2.99. The molecule has 7 heteroatoms. The summed E-state index contributed by atoms with van der Waals surface area (Å²) in [5.41, 5.74) is 2.14. The van der Waals surface area contributed by atoms with E-state index in [2.05, 4.69) is 17.0 Å². The Bertz CT molecular complexity index is 967. The van der Waals surface area contributed by atoms with Crippen LogP contribution in [0.3, 0.4) is 0 Å². The van der Waals surface area contributed by atoms with E-state index in [4.69, 9.17) is 11.6 Å². The summed E-state index contributed by atoms with van der Waals surface area (Å²) in [5, 5.41) is 0.695. The monoisotopic (exact) mass is 432 g/mol. The van der Waals surface area contributed by atoms with Crippen molar-refractivity contribution < 1.29 is 13.2 Å². The second kappa shape index (κ2) is 8.36. The number of halogens is 1. The van der Waals surface area contributed by atoms with Crippen molar-refractivity contribution in [2.24, 2.45) is 5.92 Å². The van der Waals surface area contributed by atoms with Crippen molar-refractivity contribution in [1.29, 1.82) is 0 Å². The minimum atomic E-state index is -2.99. The molecule has 0 N–H and O–H groups in total. The van der Waals surface area contributed by atoms with Crippen LogP contribution in [0.1, 0.15) is 24.4 Å². The molecule has 154 valence electrons. The summed E-state index contributed by atoms with van der Waals surface area (Å²) in [4.78, 5) is 17.6. The highest BCUT2D eigenvalue weighted by Crippen LogP contribution is 2.32. The highest BCUT2D eigenvalue weighted by molar-refractivity contribution is 7.91. The van der Waals surface area contributed by atoms with Gasteiger partial charge in [-0.05, 0) is 36.6 Å². The fourth-order valence-electron chi connectivity index (χ4n) is 4.29. The Morgan fingerprint density at radius 1 is 0.966 bits per heavy atom. The maximum atomic E-state index is 13.3. The van der Waals surface area contributed by atoms with Gasteiger partial charge in [-0.1, -0.05) is 48.0 Å². The van der Waals surface area contributed by atoms with Crippen LogP contribution in [-0.2, 0) is 14.6 Å². The number of benzene rings is 2. The van der Waals surface area contributed by atoms with Crippen LogP contribution in [-0.4, -0.2) is 50.4 Å². The summed E-state index contributed by atoms with van der Waals surface area (Å²) in [6, 6.07) is 17.8. The summed E-state index contributed by atoms with van der Waals surface area (Å²) >= 11 is 6.18. The molecule has 0 radical (unpaired) electrons. The topological polar surface area (TPSA) is 57.7 Å². The molecule has 2 aromatic rings. The predicted molar refractivity (Wildman–Crippen MR) is 116 cm³/mol. The van der Waals surface area contributed by atoms with E-state index in [0.29, 0.717) is 31.0 Å². The van der Waals surface area contributed by atoms with Gasteiger partial charge in [-0.15, -0.1) is 0 Å². The van der Waals surface area contributed by atoms with Gasteiger partial charge in [0.1, 0.15) is 9.84 Å². The predicted octanol–water partition coefficient (Wildman–Crippen LogP) is 3.55. The Kier molecular flexibility index (Phi) is 5.83. The molecular weight excluding hydrogens is 408 g/mol. The number of hydrogen-bond donors (Lipinski definition) is 0. The van der Waals surface area contributed by atoms with Crippen molar-refractivity contribution in [3.05, 3.63) is 65.2 Å². The number of nitrogens with zero attached hydrogens (tertiary/aromatic N) is 2. The van der Waals surface area contributed by atoms with E-state index in [-0.39, 0.29) is 29.4 Å².